The van der Waals surface area contributed by atoms with Gasteiger partial charge in [0.2, 0.25) is 5.91 Å². The number of ether oxygens (including phenoxy) is 2. The van der Waals surface area contributed by atoms with E-state index in [0.29, 0.717) is 28.6 Å². The molecule has 8 nitrogen and oxygen atoms in total. The number of aliphatic carboxylic acids is 1. The Morgan fingerprint density at radius 3 is 2.72 bits per heavy atom. The van der Waals surface area contributed by atoms with E-state index in [1.165, 1.54) is 6.92 Å². The van der Waals surface area contributed by atoms with Gasteiger partial charge in [-0.3, -0.25) is 9.59 Å². The molecule has 0 atom stereocenters. The van der Waals surface area contributed by atoms with Gasteiger partial charge >= 0.3 is 5.97 Å². The van der Waals surface area contributed by atoms with Gasteiger partial charge in [-0.05, 0) is 42.5 Å². The van der Waals surface area contributed by atoms with Crippen LogP contribution in [-0.4, -0.2) is 41.3 Å². The Morgan fingerprint density at radius 1 is 1.32 bits per heavy atom. The summed E-state index contributed by atoms with van der Waals surface area (Å²) in [6.07, 6.45) is 1.61. The molecule has 0 radical (unpaired) electrons. The summed E-state index contributed by atoms with van der Waals surface area (Å²) in [6, 6.07) is 4.87. The molecule has 0 fully saturated rings. The maximum atomic E-state index is 11.9. The van der Waals surface area contributed by atoms with E-state index in [2.05, 4.69) is 10.3 Å². The maximum Gasteiger partial charge on any atom is 0.341 e. The number of hydrogen-bond donors (Lipinski definition) is 2. The van der Waals surface area contributed by atoms with Crippen LogP contribution < -0.4 is 14.8 Å². The second kappa shape index (κ2) is 8.34. The number of nitrogens with zero attached hydrogens (tertiary/aromatic N) is 1. The molecular weight excluding hydrogens is 348 g/mol. The molecule has 2 amide bonds. The highest BCUT2D eigenvalue weighted by molar-refractivity contribution is 8.18. The lowest BCUT2D eigenvalue weighted by Gasteiger charge is -2.11. The molecule has 0 aliphatic carbocycles. The van der Waals surface area contributed by atoms with Gasteiger partial charge in [-0.15, -0.1) is 0 Å². The van der Waals surface area contributed by atoms with Crippen molar-refractivity contribution in [3.05, 3.63) is 28.7 Å². The highest BCUT2D eigenvalue weighted by Crippen LogP contribution is 2.32. The molecule has 1 aliphatic rings. The van der Waals surface area contributed by atoms with Crippen LogP contribution in [0.3, 0.4) is 0 Å². The Hall–Kier alpha value is -2.81. The molecule has 0 aromatic heterocycles. The highest BCUT2D eigenvalue weighted by atomic mass is 32.2. The van der Waals surface area contributed by atoms with Crippen LogP contribution in [0.25, 0.3) is 6.08 Å². The van der Waals surface area contributed by atoms with Gasteiger partial charge in [0.1, 0.15) is 0 Å². The standard InChI is InChI=1S/C16H16N2O6S/c1-3-23-12-6-10(4-5-11(12)24-8-14(20)21)7-13-15(22)18-16(25-13)17-9(2)19/h4-7H,3,8H2,1-2H3,(H,20,21)(H,17,18,19,22)/b13-7+. The van der Waals surface area contributed by atoms with Gasteiger partial charge in [-0.1, -0.05) is 6.07 Å². The van der Waals surface area contributed by atoms with Crippen LogP contribution in [0.4, 0.5) is 0 Å². The van der Waals surface area contributed by atoms with Gasteiger partial charge in [-0.2, -0.15) is 4.99 Å². The average Bonchev–Trinajstić information content (AvgIpc) is 2.85. The molecule has 0 bridgehead atoms. The summed E-state index contributed by atoms with van der Waals surface area (Å²) in [7, 11) is 0. The number of carboxylic acids is 1. The molecule has 0 unspecified atom stereocenters. The third-order valence-electron chi connectivity index (χ3n) is 2.82. The summed E-state index contributed by atoms with van der Waals surface area (Å²) in [5.74, 6) is -1.18. The normalized spacial score (nSPS) is 15.0. The van der Waals surface area contributed by atoms with Crippen LogP contribution >= 0.6 is 11.8 Å². The number of hydrogen-bond acceptors (Lipinski definition) is 6. The van der Waals surface area contributed by atoms with E-state index in [4.69, 9.17) is 14.6 Å². The first-order valence-corrected chi connectivity index (χ1v) is 8.12. The third kappa shape index (κ3) is 5.35. The molecule has 1 aromatic rings. The van der Waals surface area contributed by atoms with Crippen molar-refractivity contribution in [1.29, 1.82) is 0 Å². The number of thioether (sulfide) groups is 1. The number of rotatable bonds is 6. The minimum Gasteiger partial charge on any atom is -0.490 e. The van der Waals surface area contributed by atoms with E-state index in [1.54, 1.807) is 31.2 Å². The lowest BCUT2D eigenvalue weighted by Crippen LogP contribution is -2.23. The number of carboxylic acid groups (broad SMARTS) is 1. The van der Waals surface area contributed by atoms with Crippen molar-refractivity contribution >= 4 is 40.8 Å². The van der Waals surface area contributed by atoms with E-state index in [1.807, 2.05) is 0 Å². The number of carbonyl (C=O) groups excluding carboxylic acids is 2. The van der Waals surface area contributed by atoms with Crippen LogP contribution in [0, 0.1) is 0 Å². The van der Waals surface area contributed by atoms with Crippen LogP contribution in [0.15, 0.2) is 28.1 Å². The zero-order chi connectivity index (χ0) is 18.4. The number of aliphatic imine (C=N–C) groups is 1. The minimum atomic E-state index is -1.09. The van der Waals surface area contributed by atoms with Crippen molar-refractivity contribution < 1.29 is 29.0 Å². The van der Waals surface area contributed by atoms with Crippen LogP contribution in [0.2, 0.25) is 0 Å². The van der Waals surface area contributed by atoms with Gasteiger partial charge in [0.05, 0.1) is 11.5 Å². The number of carbonyl (C=O) groups is 3. The topological polar surface area (TPSA) is 114 Å². The zero-order valence-electron chi connectivity index (χ0n) is 13.6. The van der Waals surface area contributed by atoms with E-state index < -0.39 is 18.5 Å². The second-order valence-electron chi connectivity index (χ2n) is 4.84. The molecule has 1 aromatic carbocycles. The van der Waals surface area contributed by atoms with Gasteiger partial charge < -0.3 is 19.9 Å². The van der Waals surface area contributed by atoms with Gasteiger partial charge in [0, 0.05) is 6.92 Å². The van der Waals surface area contributed by atoms with E-state index in [0.717, 1.165) is 11.8 Å². The highest BCUT2D eigenvalue weighted by Gasteiger charge is 2.22. The van der Waals surface area contributed by atoms with Crippen LogP contribution in [0.1, 0.15) is 19.4 Å². The Bertz CT molecular complexity index is 772. The zero-order valence-corrected chi connectivity index (χ0v) is 14.4. The fourth-order valence-corrected chi connectivity index (χ4v) is 2.77. The van der Waals surface area contributed by atoms with Gasteiger partial charge in [0.25, 0.3) is 5.91 Å². The lowest BCUT2D eigenvalue weighted by atomic mass is 10.2. The van der Waals surface area contributed by atoms with E-state index in [-0.39, 0.29) is 11.1 Å². The first kappa shape index (κ1) is 18.5. The fourth-order valence-electron chi connectivity index (χ4n) is 1.91. The largest absolute Gasteiger partial charge is 0.490 e. The van der Waals surface area contributed by atoms with Crippen molar-refractivity contribution in [2.24, 2.45) is 4.99 Å². The lowest BCUT2D eigenvalue weighted by molar-refractivity contribution is -0.139. The summed E-state index contributed by atoms with van der Waals surface area (Å²) in [6.45, 7) is 3.01. The fraction of sp³-hybridized carbons (Fsp3) is 0.250. The summed E-state index contributed by atoms with van der Waals surface area (Å²) >= 11 is 1.06. The molecule has 2 rings (SSSR count). The molecular formula is C16H16N2O6S. The molecule has 0 saturated heterocycles. The van der Waals surface area contributed by atoms with Crippen molar-refractivity contribution in [2.75, 3.05) is 13.2 Å². The molecule has 2 N–H and O–H groups in total. The number of amidine groups is 1. The summed E-state index contributed by atoms with van der Waals surface area (Å²) in [5.41, 5.74) is 0.654. The summed E-state index contributed by atoms with van der Waals surface area (Å²) in [5, 5.41) is 11.4. The van der Waals surface area contributed by atoms with E-state index >= 15 is 0 Å². The minimum absolute atomic E-state index is 0.232. The van der Waals surface area contributed by atoms with Crippen molar-refractivity contribution in [1.82, 2.24) is 5.32 Å². The third-order valence-corrected chi connectivity index (χ3v) is 3.72. The Kier molecular flexibility index (Phi) is 6.18. The van der Waals surface area contributed by atoms with Crippen molar-refractivity contribution in [2.45, 2.75) is 13.8 Å². The Balaban J connectivity index is 2.19. The van der Waals surface area contributed by atoms with Gasteiger partial charge in [0.15, 0.2) is 23.3 Å². The number of amides is 2. The average molecular weight is 364 g/mol. The first-order valence-electron chi connectivity index (χ1n) is 7.30. The summed E-state index contributed by atoms with van der Waals surface area (Å²) < 4.78 is 10.6. The Labute approximate surface area is 147 Å². The molecule has 1 heterocycles. The van der Waals surface area contributed by atoms with Crippen molar-refractivity contribution in [3.8, 4) is 11.5 Å². The number of nitrogens with one attached hydrogen (secondary N) is 1. The van der Waals surface area contributed by atoms with Crippen molar-refractivity contribution in [3.63, 3.8) is 0 Å². The predicted octanol–water partition coefficient (Wildman–Crippen LogP) is 1.66. The molecule has 0 spiro atoms. The molecule has 132 valence electrons. The second-order valence-corrected chi connectivity index (χ2v) is 5.87. The quantitative estimate of drug-likeness (QED) is 0.738. The molecule has 1 aliphatic heterocycles. The molecule has 25 heavy (non-hydrogen) atoms. The van der Waals surface area contributed by atoms with E-state index in [9.17, 15) is 14.4 Å². The Morgan fingerprint density at radius 2 is 2.08 bits per heavy atom. The monoisotopic (exact) mass is 364 g/mol. The van der Waals surface area contributed by atoms with Crippen LogP contribution in [0.5, 0.6) is 11.5 Å². The summed E-state index contributed by atoms with van der Waals surface area (Å²) in [4.78, 5) is 37.6. The first-order chi connectivity index (χ1) is 11.9. The number of benzene rings is 1. The molecule has 0 saturated carbocycles. The predicted molar refractivity (Wildman–Crippen MR) is 92.6 cm³/mol. The van der Waals surface area contributed by atoms with Crippen LogP contribution in [-0.2, 0) is 14.4 Å². The maximum absolute atomic E-state index is 11.9. The smallest absolute Gasteiger partial charge is 0.341 e. The molecule has 9 heteroatoms. The SMILES string of the molecule is CCOc1cc(/C=C2/SC(NC(C)=O)=NC2=O)ccc1OCC(=O)O. The van der Waals surface area contributed by atoms with Gasteiger partial charge in [-0.25, -0.2) is 4.79 Å².